The highest BCUT2D eigenvalue weighted by atomic mass is 16.5. The topological polar surface area (TPSA) is 337 Å². The van der Waals surface area contributed by atoms with Gasteiger partial charge in [-0.15, -0.1) is 0 Å². The van der Waals surface area contributed by atoms with Gasteiger partial charge in [-0.3, -0.25) is 24.3 Å². The smallest absolute Gasteiger partial charge is 0.339 e. The van der Waals surface area contributed by atoms with Crippen molar-refractivity contribution in [2.24, 2.45) is 0 Å². The van der Waals surface area contributed by atoms with Gasteiger partial charge >= 0.3 is 17.6 Å². The first-order valence-corrected chi connectivity index (χ1v) is 41.4. The third-order valence-corrected chi connectivity index (χ3v) is 21.8. The van der Waals surface area contributed by atoms with Crippen LogP contribution in [-0.2, 0) is 90.4 Å². The predicted octanol–water partition coefficient (Wildman–Crippen LogP) is 17.9. The van der Waals surface area contributed by atoms with Crippen LogP contribution >= 0.6 is 0 Å². The van der Waals surface area contributed by atoms with E-state index in [1.807, 2.05) is 133 Å². The van der Waals surface area contributed by atoms with Crippen molar-refractivity contribution in [3.63, 3.8) is 0 Å². The molecule has 9 heterocycles. The molecule has 0 spiro atoms. The molecule has 0 unspecified atom stereocenters. The number of carbonyl (C=O) groups is 5. The molecule has 0 saturated carbocycles. The molecular weight excluding hydrogens is 1600 g/mol. The van der Waals surface area contributed by atoms with Crippen molar-refractivity contribution < 1.29 is 42.9 Å². The van der Waals surface area contributed by atoms with Crippen molar-refractivity contribution in [3.05, 3.63) is 386 Å². The second-order valence-corrected chi connectivity index (χ2v) is 31.3. The Morgan fingerprint density at radius 3 is 1.76 bits per heavy atom. The zero-order valence-electron chi connectivity index (χ0n) is 70.9. The van der Waals surface area contributed by atoms with Crippen molar-refractivity contribution in [3.8, 4) is 17.2 Å². The lowest BCUT2D eigenvalue weighted by molar-refractivity contribution is -0.115. The fraction of sp³-hybridized carbons (Fsp3) is 0.158. The quantitative estimate of drug-likeness (QED) is 0.0280. The Balaban J connectivity index is 0.000000118. The molecular formula is C101H98N16O10. The highest BCUT2D eigenvalue weighted by Crippen LogP contribution is 2.38. The Morgan fingerprint density at radius 1 is 0.472 bits per heavy atom. The summed E-state index contributed by atoms with van der Waals surface area (Å²) in [5, 5.41) is 30.4. The molecule has 20 rings (SSSR count). The molecule has 127 heavy (non-hydrogen) atoms. The minimum absolute atomic E-state index is 0.00270. The normalized spacial score (nSPS) is 13.3. The molecule has 0 bridgehead atoms. The summed E-state index contributed by atoms with van der Waals surface area (Å²) in [5.41, 5.74) is 35.7. The van der Waals surface area contributed by atoms with E-state index in [4.69, 9.17) is 19.9 Å². The number of anilines is 11. The summed E-state index contributed by atoms with van der Waals surface area (Å²) in [6, 6.07) is 77.0. The summed E-state index contributed by atoms with van der Waals surface area (Å²) in [7, 11) is 4.36. The van der Waals surface area contributed by atoms with Crippen LogP contribution in [0.1, 0.15) is 105 Å². The maximum atomic E-state index is 11.7. The number of methoxy groups -OCH3 is 2. The van der Waals surface area contributed by atoms with Crippen LogP contribution in [0.5, 0.6) is 17.2 Å². The number of nitrogens with zero attached hydrogens (tertiary/aromatic N) is 3. The van der Waals surface area contributed by atoms with Gasteiger partial charge in [-0.2, -0.15) is 0 Å². The van der Waals surface area contributed by atoms with Crippen LogP contribution in [0, 0.1) is 0 Å². The number of amides is 3. The summed E-state index contributed by atoms with van der Waals surface area (Å²) in [6.07, 6.45) is 6.43. The molecule has 7 aliphatic heterocycles. The zero-order chi connectivity index (χ0) is 88.6. The van der Waals surface area contributed by atoms with Gasteiger partial charge in [0.25, 0.3) is 5.91 Å². The number of imidazole rings is 1. The molecule has 11 aromatic carbocycles. The van der Waals surface area contributed by atoms with Gasteiger partial charge in [0.15, 0.2) is 0 Å². The van der Waals surface area contributed by atoms with Crippen LogP contribution in [0.2, 0.25) is 0 Å². The second-order valence-electron chi connectivity index (χ2n) is 31.3. The van der Waals surface area contributed by atoms with E-state index in [2.05, 4.69) is 176 Å². The maximum Gasteiger partial charge on any atom is 0.339 e. The fourth-order valence-corrected chi connectivity index (χ4v) is 15.6. The van der Waals surface area contributed by atoms with Crippen LogP contribution in [-0.4, -0.2) is 77.3 Å². The first-order valence-electron chi connectivity index (χ1n) is 41.4. The van der Waals surface area contributed by atoms with Gasteiger partial charge in [0.2, 0.25) is 11.8 Å². The van der Waals surface area contributed by atoms with Gasteiger partial charge in [0.1, 0.15) is 41.3 Å². The van der Waals surface area contributed by atoms with E-state index in [0.29, 0.717) is 47.6 Å². The lowest BCUT2D eigenvalue weighted by Crippen LogP contribution is -2.19. The number of aryl methyl sites for hydroxylation is 2. The van der Waals surface area contributed by atoms with Gasteiger partial charge in [-0.25, -0.2) is 14.4 Å². The fourth-order valence-electron chi connectivity index (χ4n) is 15.6. The monoisotopic (exact) mass is 1690 g/mol. The summed E-state index contributed by atoms with van der Waals surface area (Å²) in [4.78, 5) is 82.6. The summed E-state index contributed by atoms with van der Waals surface area (Å²) in [6.45, 7) is 22.3. The number of aromatic nitrogens is 3. The number of fused-ring (bicyclic) bond motifs is 8. The largest absolute Gasteiger partial charge is 0.489 e. The lowest BCUT2D eigenvalue weighted by Gasteiger charge is -2.20. The first-order chi connectivity index (χ1) is 61.5. The first kappa shape index (κ1) is 85.9. The SMILES string of the molecule is C=C1Cc2cc(CN3CCc4cc(N)ccc43)ccc2N1.C=C1Nc2ccc(CN3Cc4ccc(C(=O)OC)cc4C3)cc2N1.C=C1Nc2ccc(Cc3ccc(C(=O)OC)cn3)cc2N1.C=C1Nc2ccc(OCc3ccccc3)cc2N1.CC(=O)Nc1ccc(CCc2ccc3[nH]c(=O)[nH]c3c2)cc1.CNC(=O)c1ccc(Oc2ccc3c(c2)CC(=O)N3)cc1. The number of allylic oxidation sites excluding steroid dienone is 1. The number of nitrogens with two attached hydrogens (primary N) is 1. The molecule has 13 aromatic rings. The number of ether oxygens (including phenoxy) is 4. The van der Waals surface area contributed by atoms with Gasteiger partial charge in [0, 0.05) is 117 Å². The minimum atomic E-state index is -0.375. The summed E-state index contributed by atoms with van der Waals surface area (Å²) < 4.78 is 20.9. The van der Waals surface area contributed by atoms with Crippen LogP contribution in [0.15, 0.2) is 297 Å². The Kier molecular flexibility index (Phi) is 26.6. The van der Waals surface area contributed by atoms with Crippen molar-refractivity contribution in [2.45, 2.75) is 78.2 Å². The van der Waals surface area contributed by atoms with E-state index < -0.39 is 0 Å². The van der Waals surface area contributed by atoms with Crippen molar-refractivity contribution in [1.29, 1.82) is 0 Å². The number of aromatic amines is 2. The molecule has 2 aromatic heterocycles. The van der Waals surface area contributed by atoms with Crippen molar-refractivity contribution in [1.82, 2.24) is 25.2 Å². The maximum absolute atomic E-state index is 11.7. The Hall–Kier alpha value is -16.1. The van der Waals surface area contributed by atoms with Crippen LogP contribution in [0.4, 0.5) is 62.6 Å². The molecule has 0 atom stereocenters. The van der Waals surface area contributed by atoms with Crippen molar-refractivity contribution >= 4 is 103 Å². The van der Waals surface area contributed by atoms with E-state index in [-0.39, 0.29) is 35.3 Å². The second kappa shape index (κ2) is 39.4. The summed E-state index contributed by atoms with van der Waals surface area (Å²) >= 11 is 0. The number of esters is 2. The molecule has 3 amide bonds. The summed E-state index contributed by atoms with van der Waals surface area (Å²) in [5.74, 6) is 3.68. The number of H-pyrrole nitrogens is 2. The number of nitrogens with one attached hydrogen (secondary N) is 12. The van der Waals surface area contributed by atoms with Crippen LogP contribution in [0.3, 0.4) is 0 Å². The zero-order valence-corrected chi connectivity index (χ0v) is 70.9. The van der Waals surface area contributed by atoms with E-state index in [1.54, 1.807) is 43.4 Å². The van der Waals surface area contributed by atoms with Gasteiger partial charge < -0.3 is 92.7 Å². The van der Waals surface area contributed by atoms with E-state index in [0.717, 1.165) is 172 Å². The number of benzene rings is 11. The van der Waals surface area contributed by atoms with E-state index >= 15 is 0 Å². The average Bonchev–Trinajstić information content (AvgIpc) is 1.67. The highest BCUT2D eigenvalue weighted by molar-refractivity contribution is 5.99. The lowest BCUT2D eigenvalue weighted by atomic mass is 10.0. The standard InChI is InChI=1S/C19H19N3O2.C18H19N3.C17H17N3O2.C16H15N3O2.C16H14N2O3.C15H14N2O/c1-12-20-17-6-3-13(7-18(17)21-12)9-22-10-15-5-4-14(19(23)24-2)8-16(15)11-22;1-12-8-15-9-13(2-4-17(15)20-12)11-21-7-6-14-10-16(19)3-5-18(14)21;1-11(21)18-14-7-4-12(5-8-14)2-3-13-6-9-15-16(10-13)20-17(22)19-15;1-10-18-14-6-3-11(8-15(14)19-10)7-13-5-4-12(9-17-13)16(20)21-2;1-17-16(20)10-2-4-12(5-3-10)21-13-6-7-14-11(8-13)9-15(19)18-14;1-11-16-14-8-7-13(9-15(14)17-11)18-10-12-5-3-2-4-6-12/h3-8,20-21H,1,9-11H2,2H3;2-5,9-10,20H,1,6-8,11,19H2;4-10H,2-3H2,1H3,(H,18,21)(H2,19,20,22);3-6,8-9,18-19H,1,7H2,2H3;2-8H,9H2,1H3,(H,17,20)(H,18,19);2-9,16-17H,1,10H2. The third kappa shape index (κ3) is 22.4. The van der Waals surface area contributed by atoms with Gasteiger partial charge in [0.05, 0.1) is 76.9 Å². The van der Waals surface area contributed by atoms with Crippen molar-refractivity contribution in [2.75, 3.05) is 86.3 Å². The van der Waals surface area contributed by atoms with Crippen LogP contribution in [0.25, 0.3) is 11.0 Å². The highest BCUT2D eigenvalue weighted by Gasteiger charge is 2.25. The molecule has 0 saturated heterocycles. The number of hydrogen-bond acceptors (Lipinski definition) is 21. The Bertz CT molecular complexity index is 6300. The third-order valence-electron chi connectivity index (χ3n) is 21.8. The molecule has 26 nitrogen and oxygen atoms in total. The van der Waals surface area contributed by atoms with Gasteiger partial charge in [-0.05, 0) is 232 Å². The molecule has 14 N–H and O–H groups in total. The molecule has 0 fully saturated rings. The molecule has 0 aliphatic carbocycles. The Morgan fingerprint density at radius 2 is 1.06 bits per heavy atom. The average molecular weight is 1700 g/mol. The number of carbonyl (C=O) groups excluding carboxylic acids is 5. The Labute approximate surface area is 735 Å². The van der Waals surface area contributed by atoms with Gasteiger partial charge in [-0.1, -0.05) is 105 Å². The molecule has 7 aliphatic rings. The predicted molar refractivity (Wildman–Crippen MR) is 503 cm³/mol. The van der Waals surface area contributed by atoms with Crippen LogP contribution < -0.4 is 79.0 Å². The van der Waals surface area contributed by atoms with E-state index in [1.165, 1.54) is 83.2 Å². The number of pyridine rings is 1. The van der Waals surface area contributed by atoms with E-state index in [9.17, 15) is 28.8 Å². The molecule has 26 heteroatoms. The number of rotatable bonds is 18. The molecule has 642 valence electrons. The minimum Gasteiger partial charge on any atom is -0.489 e. The number of hydrogen-bond donors (Lipinski definition) is 13. The number of nitrogen functional groups attached to an aromatic ring is 1. The molecule has 0 radical (unpaired) electrons.